The number of ether oxygens (including phenoxy) is 1. The molecule has 0 amide bonds. The van der Waals surface area contributed by atoms with Gasteiger partial charge in [0.1, 0.15) is 12.4 Å². The maximum Gasteiger partial charge on any atom is 0.317 e. The topological polar surface area (TPSA) is 66.8 Å². The third-order valence-electron chi connectivity index (χ3n) is 4.01. The molecule has 28 heavy (non-hydrogen) atoms. The fourth-order valence-corrected chi connectivity index (χ4v) is 2.59. The van der Waals surface area contributed by atoms with E-state index in [9.17, 15) is 9.59 Å². The molecule has 0 atom stereocenters. The smallest absolute Gasteiger partial charge is 0.317 e. The summed E-state index contributed by atoms with van der Waals surface area (Å²) in [6.45, 7) is 8.45. The van der Waals surface area contributed by atoms with Crippen molar-refractivity contribution < 1.29 is 19.4 Å². The lowest BCUT2D eigenvalue weighted by molar-refractivity contribution is -0.138. The number of hydrogen-bond acceptors (Lipinski definition) is 4. The average molecular weight is 386 g/mol. The zero-order valence-electron chi connectivity index (χ0n) is 17.4. The highest BCUT2D eigenvalue weighted by Gasteiger charge is 2.17. The molecule has 0 aliphatic heterocycles. The summed E-state index contributed by atoms with van der Waals surface area (Å²) in [5.41, 5.74) is 2.56. The molecule has 1 N–H and O–H groups in total. The zero-order chi connectivity index (χ0) is 21.1. The standard InChI is InChI=1S/C21H25NO4.C2H6/c1-15(2)21(25)18-13-17(16-7-5-4-6-8-16)9-10-19(18)26-12-11-22(3)14-20(23)24;1-2/h4-10,13,15H,11-12,14H2,1-3H3,(H,23,24);1-2H3. The monoisotopic (exact) mass is 385 g/mol. The first kappa shape index (κ1) is 23.4. The van der Waals surface area contributed by atoms with Crippen molar-refractivity contribution in [2.45, 2.75) is 27.7 Å². The number of aliphatic carboxylic acids is 1. The summed E-state index contributed by atoms with van der Waals surface area (Å²) in [4.78, 5) is 25.0. The first-order valence-corrected chi connectivity index (χ1v) is 9.65. The summed E-state index contributed by atoms with van der Waals surface area (Å²) >= 11 is 0. The number of carboxylic acid groups (broad SMARTS) is 1. The largest absolute Gasteiger partial charge is 0.491 e. The molecule has 5 nitrogen and oxygen atoms in total. The molecule has 0 aromatic heterocycles. The Morgan fingerprint density at radius 1 is 1.04 bits per heavy atom. The molecule has 0 bridgehead atoms. The molecule has 2 rings (SSSR count). The van der Waals surface area contributed by atoms with E-state index in [0.717, 1.165) is 11.1 Å². The van der Waals surface area contributed by atoms with Gasteiger partial charge in [-0.2, -0.15) is 0 Å². The molecule has 0 spiro atoms. The van der Waals surface area contributed by atoms with Crippen LogP contribution in [0.25, 0.3) is 11.1 Å². The number of rotatable bonds is 9. The van der Waals surface area contributed by atoms with E-state index in [4.69, 9.17) is 9.84 Å². The van der Waals surface area contributed by atoms with Gasteiger partial charge < -0.3 is 9.84 Å². The maximum atomic E-state index is 12.6. The third-order valence-corrected chi connectivity index (χ3v) is 4.01. The molecule has 0 heterocycles. The van der Waals surface area contributed by atoms with Crippen LogP contribution in [0.3, 0.4) is 0 Å². The number of ketones is 1. The van der Waals surface area contributed by atoms with E-state index in [-0.39, 0.29) is 18.2 Å². The zero-order valence-corrected chi connectivity index (χ0v) is 17.4. The van der Waals surface area contributed by atoms with E-state index in [0.29, 0.717) is 24.5 Å². The minimum Gasteiger partial charge on any atom is -0.491 e. The molecule has 0 unspecified atom stereocenters. The van der Waals surface area contributed by atoms with Crippen molar-refractivity contribution in [3.8, 4) is 16.9 Å². The van der Waals surface area contributed by atoms with Crippen LogP contribution in [0.2, 0.25) is 0 Å². The summed E-state index contributed by atoms with van der Waals surface area (Å²) in [6, 6.07) is 15.5. The molecule has 0 aliphatic rings. The molecule has 0 fully saturated rings. The van der Waals surface area contributed by atoms with Crippen LogP contribution in [0.1, 0.15) is 38.1 Å². The Morgan fingerprint density at radius 3 is 2.25 bits per heavy atom. The van der Waals surface area contributed by atoms with Crippen LogP contribution in [0.4, 0.5) is 0 Å². The molecule has 0 radical (unpaired) electrons. The van der Waals surface area contributed by atoms with Crippen molar-refractivity contribution in [2.75, 3.05) is 26.7 Å². The van der Waals surface area contributed by atoms with Crippen molar-refractivity contribution in [1.82, 2.24) is 4.90 Å². The highest BCUT2D eigenvalue weighted by atomic mass is 16.5. The Hall–Kier alpha value is -2.66. The summed E-state index contributed by atoms with van der Waals surface area (Å²) in [7, 11) is 1.72. The number of hydrogen-bond donors (Lipinski definition) is 1. The predicted octanol–water partition coefficient (Wildman–Crippen LogP) is 4.61. The SMILES string of the molecule is CC.CC(C)C(=O)c1cc(-c2ccccc2)ccc1OCCN(C)CC(=O)O. The number of likely N-dealkylation sites (N-methyl/N-ethyl adjacent to an activating group) is 1. The second-order valence-corrected chi connectivity index (χ2v) is 6.58. The first-order valence-electron chi connectivity index (χ1n) is 9.65. The lowest BCUT2D eigenvalue weighted by atomic mass is 9.96. The van der Waals surface area contributed by atoms with Crippen LogP contribution >= 0.6 is 0 Å². The van der Waals surface area contributed by atoms with Crippen LogP contribution in [0, 0.1) is 5.92 Å². The van der Waals surface area contributed by atoms with Gasteiger partial charge in [0.05, 0.1) is 12.1 Å². The number of carboxylic acids is 1. The normalized spacial score (nSPS) is 10.4. The lowest BCUT2D eigenvalue weighted by Gasteiger charge is -2.17. The molecular formula is C23H31NO4. The van der Waals surface area contributed by atoms with Gasteiger partial charge in [0.2, 0.25) is 0 Å². The molecule has 2 aromatic rings. The van der Waals surface area contributed by atoms with Gasteiger partial charge in [-0.1, -0.05) is 64.1 Å². The van der Waals surface area contributed by atoms with E-state index >= 15 is 0 Å². The van der Waals surface area contributed by atoms with Gasteiger partial charge in [-0.15, -0.1) is 0 Å². The highest BCUT2D eigenvalue weighted by molar-refractivity contribution is 6.01. The van der Waals surface area contributed by atoms with Crippen molar-refractivity contribution in [3.05, 3.63) is 54.1 Å². The number of carbonyl (C=O) groups excluding carboxylic acids is 1. The van der Waals surface area contributed by atoms with Gasteiger partial charge in [-0.25, -0.2) is 0 Å². The molecule has 2 aromatic carbocycles. The van der Waals surface area contributed by atoms with Gasteiger partial charge in [0.15, 0.2) is 5.78 Å². The Kier molecular flexibility index (Phi) is 9.96. The Bertz CT molecular complexity index is 756. The van der Waals surface area contributed by atoms with E-state index in [1.807, 2.05) is 76.2 Å². The molecule has 5 heteroatoms. The number of carbonyl (C=O) groups is 2. The maximum absolute atomic E-state index is 12.6. The van der Waals surface area contributed by atoms with Crippen LogP contribution in [-0.2, 0) is 4.79 Å². The Morgan fingerprint density at radius 2 is 1.68 bits per heavy atom. The van der Waals surface area contributed by atoms with E-state index in [1.54, 1.807) is 11.9 Å². The van der Waals surface area contributed by atoms with Crippen molar-refractivity contribution in [2.24, 2.45) is 5.92 Å². The quantitative estimate of drug-likeness (QED) is 0.638. The Labute approximate surface area is 167 Å². The van der Waals surface area contributed by atoms with Crippen molar-refractivity contribution >= 4 is 11.8 Å². The number of benzene rings is 2. The molecule has 0 saturated heterocycles. The third kappa shape index (κ3) is 7.16. The fourth-order valence-electron chi connectivity index (χ4n) is 2.59. The summed E-state index contributed by atoms with van der Waals surface area (Å²) < 4.78 is 5.80. The minimum absolute atomic E-state index is 0.0247. The average Bonchev–Trinajstić information content (AvgIpc) is 2.69. The minimum atomic E-state index is -0.879. The first-order chi connectivity index (χ1) is 13.4. The van der Waals surface area contributed by atoms with Gasteiger partial charge in [0, 0.05) is 12.5 Å². The van der Waals surface area contributed by atoms with Gasteiger partial charge in [-0.05, 0) is 30.3 Å². The molecule has 0 saturated carbocycles. The second-order valence-electron chi connectivity index (χ2n) is 6.58. The summed E-state index contributed by atoms with van der Waals surface area (Å²) in [5, 5.41) is 8.79. The molecule has 152 valence electrons. The van der Waals surface area contributed by atoms with E-state index in [2.05, 4.69) is 0 Å². The predicted molar refractivity (Wildman–Crippen MR) is 113 cm³/mol. The second kappa shape index (κ2) is 11.9. The van der Waals surface area contributed by atoms with E-state index in [1.165, 1.54) is 0 Å². The van der Waals surface area contributed by atoms with E-state index < -0.39 is 5.97 Å². The van der Waals surface area contributed by atoms with Gasteiger partial charge in [0.25, 0.3) is 0 Å². The van der Waals surface area contributed by atoms with Crippen LogP contribution in [0.15, 0.2) is 48.5 Å². The number of nitrogens with zero attached hydrogens (tertiary/aromatic N) is 1. The van der Waals surface area contributed by atoms with Crippen LogP contribution in [-0.4, -0.2) is 48.5 Å². The fraction of sp³-hybridized carbons (Fsp3) is 0.391. The van der Waals surface area contributed by atoms with Crippen LogP contribution < -0.4 is 4.74 Å². The highest BCUT2D eigenvalue weighted by Crippen LogP contribution is 2.28. The lowest BCUT2D eigenvalue weighted by Crippen LogP contribution is -2.29. The van der Waals surface area contributed by atoms with Gasteiger partial charge >= 0.3 is 5.97 Å². The summed E-state index contributed by atoms with van der Waals surface area (Å²) in [6.07, 6.45) is 0. The molecular weight excluding hydrogens is 354 g/mol. The van der Waals surface area contributed by atoms with Gasteiger partial charge in [-0.3, -0.25) is 14.5 Å². The Balaban J connectivity index is 0.00000190. The number of Topliss-reactive ketones (excluding diaryl/α,β-unsaturated/α-hetero) is 1. The summed E-state index contributed by atoms with van der Waals surface area (Å²) in [5.74, 6) is -0.461. The van der Waals surface area contributed by atoms with Crippen molar-refractivity contribution in [1.29, 1.82) is 0 Å². The molecule has 0 aliphatic carbocycles. The van der Waals surface area contributed by atoms with Crippen molar-refractivity contribution in [3.63, 3.8) is 0 Å². The van der Waals surface area contributed by atoms with Crippen LogP contribution in [0.5, 0.6) is 5.75 Å².